The van der Waals surface area contributed by atoms with E-state index in [1.54, 1.807) is 4.80 Å². The van der Waals surface area contributed by atoms with Gasteiger partial charge in [-0.3, -0.25) is 0 Å². The average Bonchev–Trinajstić information content (AvgIpc) is 3.34. The molecule has 1 heterocycles. The van der Waals surface area contributed by atoms with Crippen LogP contribution < -0.4 is 0 Å². The van der Waals surface area contributed by atoms with E-state index in [2.05, 4.69) is 28.9 Å². The van der Waals surface area contributed by atoms with Gasteiger partial charge in [0.2, 0.25) is 0 Å². The normalized spacial score (nSPS) is 45.6. The lowest BCUT2D eigenvalue weighted by molar-refractivity contribution is -0.159. The Kier molecular flexibility index (Phi) is 5.03. The van der Waals surface area contributed by atoms with Gasteiger partial charge in [0.15, 0.2) is 6.33 Å². The standard InChI is InChI=1S/C23H34F2N4O/c1-14(12-29-27-13-26-28-29)19-5-6-20-18-4-3-15-11-23(30,21(24)25)10-8-16(15)17(18)7-9-22(19,20)2/h13,15-21,30H,1,3-12H2,2H3/t15-,16-,17+,18+,19+,20-,22+,23-/m0/s1. The van der Waals surface area contributed by atoms with Crippen molar-refractivity contribution in [2.75, 3.05) is 0 Å². The van der Waals surface area contributed by atoms with Crippen LogP contribution >= 0.6 is 0 Å². The SMILES string of the molecule is C=C(Cn1ncnn1)[C@H]1CC[C@H]2[C@@H]3CC[C@H]4C[C@](O)(C(F)F)CC[C@@H]4[C@H]3CC[C@]12C. The van der Waals surface area contributed by atoms with Gasteiger partial charge < -0.3 is 5.11 Å². The van der Waals surface area contributed by atoms with Gasteiger partial charge in [0.25, 0.3) is 6.43 Å². The fraction of sp³-hybridized carbons (Fsp3) is 0.870. The maximum absolute atomic E-state index is 13.4. The summed E-state index contributed by atoms with van der Waals surface area (Å²) in [5.74, 6) is 3.32. The molecule has 0 bridgehead atoms. The second kappa shape index (κ2) is 7.35. The molecule has 0 amide bonds. The summed E-state index contributed by atoms with van der Waals surface area (Å²) in [4.78, 5) is 1.63. The highest BCUT2D eigenvalue weighted by Gasteiger charge is 2.58. The summed E-state index contributed by atoms with van der Waals surface area (Å²) in [6.45, 7) is 7.53. The summed E-state index contributed by atoms with van der Waals surface area (Å²) in [5.41, 5.74) is -0.267. The van der Waals surface area contributed by atoms with Crippen LogP contribution in [0.25, 0.3) is 0 Å². The highest BCUT2D eigenvalue weighted by Crippen LogP contribution is 2.65. The Morgan fingerprint density at radius 2 is 1.93 bits per heavy atom. The molecule has 1 N–H and O–H groups in total. The van der Waals surface area contributed by atoms with Crippen molar-refractivity contribution in [1.82, 2.24) is 20.2 Å². The number of hydrogen-bond donors (Lipinski definition) is 1. The van der Waals surface area contributed by atoms with Crippen molar-refractivity contribution in [3.05, 3.63) is 18.5 Å². The highest BCUT2D eigenvalue weighted by atomic mass is 19.3. The molecule has 4 aliphatic carbocycles. The third kappa shape index (κ3) is 3.14. The molecular weight excluding hydrogens is 386 g/mol. The van der Waals surface area contributed by atoms with Gasteiger partial charge in [0.1, 0.15) is 5.60 Å². The van der Waals surface area contributed by atoms with Crippen LogP contribution in [0.4, 0.5) is 8.78 Å². The van der Waals surface area contributed by atoms with Gasteiger partial charge >= 0.3 is 0 Å². The van der Waals surface area contributed by atoms with Gasteiger partial charge in [-0.05, 0) is 104 Å². The highest BCUT2D eigenvalue weighted by molar-refractivity contribution is 5.15. The van der Waals surface area contributed by atoms with Gasteiger partial charge in [0.05, 0.1) is 6.54 Å². The molecule has 4 saturated carbocycles. The zero-order valence-electron chi connectivity index (χ0n) is 17.9. The molecule has 5 nitrogen and oxygen atoms in total. The Morgan fingerprint density at radius 3 is 2.67 bits per heavy atom. The summed E-state index contributed by atoms with van der Waals surface area (Å²) in [6, 6.07) is 0. The van der Waals surface area contributed by atoms with E-state index in [0.29, 0.717) is 42.6 Å². The van der Waals surface area contributed by atoms with Crippen LogP contribution in [0.5, 0.6) is 0 Å². The zero-order valence-corrected chi connectivity index (χ0v) is 17.9. The molecule has 0 aliphatic heterocycles. The third-order valence-corrected chi connectivity index (χ3v) is 9.68. The average molecular weight is 421 g/mol. The number of tetrazole rings is 1. The number of hydrogen-bond acceptors (Lipinski definition) is 4. The molecule has 0 saturated heterocycles. The Labute approximate surface area is 177 Å². The van der Waals surface area contributed by atoms with E-state index in [9.17, 15) is 13.9 Å². The molecule has 0 spiro atoms. The molecule has 30 heavy (non-hydrogen) atoms. The Hall–Kier alpha value is -1.37. The summed E-state index contributed by atoms with van der Waals surface area (Å²) in [7, 11) is 0. The predicted molar refractivity (Wildman–Crippen MR) is 109 cm³/mol. The molecule has 4 aliphatic rings. The number of aliphatic hydroxyl groups is 1. The predicted octanol–water partition coefficient (Wildman–Crippen LogP) is 4.49. The Morgan fingerprint density at radius 1 is 1.13 bits per heavy atom. The van der Waals surface area contributed by atoms with Gasteiger partial charge in [0, 0.05) is 0 Å². The molecule has 0 unspecified atom stereocenters. The minimum absolute atomic E-state index is 0.265. The van der Waals surface area contributed by atoms with Crippen LogP contribution in [0.3, 0.4) is 0 Å². The number of halogens is 2. The number of allylic oxidation sites excluding steroid dienone is 1. The summed E-state index contributed by atoms with van der Waals surface area (Å²) >= 11 is 0. The maximum Gasteiger partial charge on any atom is 0.266 e. The van der Waals surface area contributed by atoms with Gasteiger partial charge in [-0.25, -0.2) is 8.78 Å². The molecule has 8 atom stereocenters. The second-order valence-corrected chi connectivity index (χ2v) is 10.9. The van der Waals surface area contributed by atoms with Crippen molar-refractivity contribution in [2.24, 2.45) is 40.9 Å². The molecule has 0 aromatic carbocycles. The van der Waals surface area contributed by atoms with Crippen LogP contribution in [-0.2, 0) is 6.54 Å². The number of nitrogens with zero attached hydrogens (tertiary/aromatic N) is 4. The van der Waals surface area contributed by atoms with Crippen molar-refractivity contribution in [3.63, 3.8) is 0 Å². The second-order valence-electron chi connectivity index (χ2n) is 10.9. The summed E-state index contributed by atoms with van der Waals surface area (Å²) in [5, 5.41) is 22.4. The summed E-state index contributed by atoms with van der Waals surface area (Å²) in [6.07, 6.45) is 7.12. The Balaban J connectivity index is 1.30. The van der Waals surface area contributed by atoms with E-state index >= 15 is 0 Å². The molecule has 166 valence electrons. The third-order valence-electron chi connectivity index (χ3n) is 9.68. The van der Waals surface area contributed by atoms with E-state index < -0.39 is 12.0 Å². The molecule has 1 aromatic heterocycles. The van der Waals surface area contributed by atoms with Crippen molar-refractivity contribution in [1.29, 1.82) is 0 Å². The fourth-order valence-electron chi connectivity index (χ4n) is 8.33. The van der Waals surface area contributed by atoms with Crippen LogP contribution in [0.15, 0.2) is 18.5 Å². The molecular formula is C23H34F2N4O. The van der Waals surface area contributed by atoms with Gasteiger partial charge in [-0.15, -0.1) is 10.2 Å². The number of alkyl halides is 2. The number of aromatic nitrogens is 4. The lowest BCUT2D eigenvalue weighted by Crippen LogP contribution is -2.52. The minimum atomic E-state index is -2.62. The lowest BCUT2D eigenvalue weighted by atomic mass is 9.48. The van der Waals surface area contributed by atoms with E-state index in [0.717, 1.165) is 19.3 Å². The smallest absolute Gasteiger partial charge is 0.266 e. The molecule has 1 aromatic rings. The minimum Gasteiger partial charge on any atom is -0.384 e. The first-order valence-corrected chi connectivity index (χ1v) is 11.7. The number of rotatable bonds is 4. The van der Waals surface area contributed by atoms with Crippen molar-refractivity contribution in [2.45, 2.75) is 83.3 Å². The van der Waals surface area contributed by atoms with E-state index in [1.807, 2.05) is 0 Å². The zero-order chi connectivity index (χ0) is 21.1. The first-order valence-electron chi connectivity index (χ1n) is 11.7. The van der Waals surface area contributed by atoms with E-state index in [1.165, 1.54) is 37.6 Å². The van der Waals surface area contributed by atoms with Crippen molar-refractivity contribution < 1.29 is 13.9 Å². The molecule has 4 fully saturated rings. The molecule has 7 heteroatoms. The largest absolute Gasteiger partial charge is 0.384 e. The van der Waals surface area contributed by atoms with Crippen molar-refractivity contribution in [3.8, 4) is 0 Å². The molecule has 0 radical (unpaired) electrons. The first kappa shape index (κ1) is 20.5. The van der Waals surface area contributed by atoms with Crippen LogP contribution in [-0.4, -0.2) is 37.3 Å². The molecule has 5 rings (SSSR count). The monoisotopic (exact) mass is 420 g/mol. The van der Waals surface area contributed by atoms with Gasteiger partial charge in [-0.2, -0.15) is 4.80 Å². The quantitative estimate of drug-likeness (QED) is 0.729. The van der Waals surface area contributed by atoms with Crippen LogP contribution in [0.1, 0.15) is 64.7 Å². The first-order chi connectivity index (χ1) is 14.3. The Bertz CT molecular complexity index is 786. The summed E-state index contributed by atoms with van der Waals surface area (Å²) < 4.78 is 26.8. The number of fused-ring (bicyclic) bond motifs is 5. The lowest BCUT2D eigenvalue weighted by Gasteiger charge is -2.57. The van der Waals surface area contributed by atoms with E-state index in [4.69, 9.17) is 0 Å². The van der Waals surface area contributed by atoms with E-state index in [-0.39, 0.29) is 17.8 Å². The maximum atomic E-state index is 13.4. The topological polar surface area (TPSA) is 63.8 Å². The fourth-order valence-corrected chi connectivity index (χ4v) is 8.33. The van der Waals surface area contributed by atoms with Gasteiger partial charge in [-0.1, -0.05) is 19.1 Å². The van der Waals surface area contributed by atoms with Crippen LogP contribution in [0.2, 0.25) is 0 Å². The van der Waals surface area contributed by atoms with Crippen molar-refractivity contribution >= 4 is 0 Å². The van der Waals surface area contributed by atoms with Crippen LogP contribution in [0, 0.1) is 40.9 Å².